The summed E-state index contributed by atoms with van der Waals surface area (Å²) in [6.07, 6.45) is 1.54. The second-order valence-corrected chi connectivity index (χ2v) is 5.27. The van der Waals surface area contributed by atoms with Crippen molar-refractivity contribution >= 4 is 11.8 Å². The smallest absolute Gasteiger partial charge is 0.240 e. The molecule has 4 nitrogen and oxygen atoms in total. The molecule has 0 aromatic rings. The molecule has 0 rings (SSSR count). The van der Waals surface area contributed by atoms with Gasteiger partial charge in [0.15, 0.2) is 0 Å². The zero-order chi connectivity index (χ0) is 13.6. The van der Waals surface area contributed by atoms with Crippen molar-refractivity contribution in [3.8, 4) is 0 Å². The zero-order valence-electron chi connectivity index (χ0n) is 11.6. The van der Waals surface area contributed by atoms with Gasteiger partial charge in [-0.3, -0.25) is 9.59 Å². The fraction of sp³-hybridized carbons (Fsp3) is 0.846. The van der Waals surface area contributed by atoms with Gasteiger partial charge in [0.2, 0.25) is 11.8 Å². The third-order valence-electron chi connectivity index (χ3n) is 3.28. The van der Waals surface area contributed by atoms with Crippen LogP contribution in [0.2, 0.25) is 0 Å². The molecule has 3 N–H and O–H groups in total. The first-order valence-electron chi connectivity index (χ1n) is 6.39. The molecule has 100 valence electrons. The number of nitrogens with one attached hydrogen (secondary N) is 1. The van der Waals surface area contributed by atoms with Crippen molar-refractivity contribution in [3.63, 3.8) is 0 Å². The molecule has 4 heteroatoms. The van der Waals surface area contributed by atoms with Crippen LogP contribution >= 0.6 is 0 Å². The van der Waals surface area contributed by atoms with Gasteiger partial charge in [0, 0.05) is 5.92 Å². The van der Waals surface area contributed by atoms with E-state index in [1.54, 1.807) is 0 Å². The molecule has 2 unspecified atom stereocenters. The molecule has 0 aliphatic heterocycles. The molecule has 0 heterocycles. The number of carbonyl (C=O) groups excluding carboxylic acids is 2. The van der Waals surface area contributed by atoms with Crippen LogP contribution in [0.1, 0.15) is 47.5 Å². The summed E-state index contributed by atoms with van der Waals surface area (Å²) < 4.78 is 0. The van der Waals surface area contributed by atoms with E-state index in [2.05, 4.69) is 5.32 Å². The van der Waals surface area contributed by atoms with Gasteiger partial charge in [0.05, 0.1) is 0 Å². The fourth-order valence-corrected chi connectivity index (χ4v) is 1.63. The van der Waals surface area contributed by atoms with Crippen LogP contribution in [0, 0.1) is 17.8 Å². The van der Waals surface area contributed by atoms with Crippen molar-refractivity contribution in [3.05, 3.63) is 0 Å². The monoisotopic (exact) mass is 242 g/mol. The van der Waals surface area contributed by atoms with E-state index in [1.807, 2.05) is 34.6 Å². The molecule has 0 bridgehead atoms. The Morgan fingerprint density at radius 2 is 1.71 bits per heavy atom. The van der Waals surface area contributed by atoms with Crippen molar-refractivity contribution in [1.29, 1.82) is 0 Å². The molecule has 0 aromatic heterocycles. The van der Waals surface area contributed by atoms with Gasteiger partial charge in [0.1, 0.15) is 6.04 Å². The molecule has 2 amide bonds. The molecule has 0 aromatic carbocycles. The second kappa shape index (κ2) is 7.30. The van der Waals surface area contributed by atoms with Crippen molar-refractivity contribution in [1.82, 2.24) is 5.32 Å². The number of nitrogens with two attached hydrogens (primary N) is 1. The van der Waals surface area contributed by atoms with Gasteiger partial charge in [-0.2, -0.15) is 0 Å². The predicted octanol–water partition coefficient (Wildman–Crippen LogP) is 1.68. The average molecular weight is 242 g/mol. The van der Waals surface area contributed by atoms with Crippen molar-refractivity contribution < 1.29 is 9.59 Å². The molecule has 17 heavy (non-hydrogen) atoms. The minimum Gasteiger partial charge on any atom is -0.368 e. The first kappa shape index (κ1) is 15.9. The zero-order valence-corrected chi connectivity index (χ0v) is 11.6. The maximum absolute atomic E-state index is 11.9. The Hall–Kier alpha value is -1.06. The van der Waals surface area contributed by atoms with Crippen LogP contribution in [0.4, 0.5) is 0 Å². The van der Waals surface area contributed by atoms with Crippen LogP contribution in [0.25, 0.3) is 0 Å². The summed E-state index contributed by atoms with van der Waals surface area (Å²) in [7, 11) is 0. The first-order valence-corrected chi connectivity index (χ1v) is 6.39. The summed E-state index contributed by atoms with van der Waals surface area (Å²) in [4.78, 5) is 23.2. The SMILES string of the molecule is CCC(C)[C@H](C)C(=O)NC(CC(C)C)C(N)=O. The molecule has 0 saturated heterocycles. The van der Waals surface area contributed by atoms with Crippen LogP contribution in [0.15, 0.2) is 0 Å². The van der Waals surface area contributed by atoms with Crippen LogP contribution in [0.3, 0.4) is 0 Å². The molecular weight excluding hydrogens is 216 g/mol. The molecular formula is C13H26N2O2. The van der Waals surface area contributed by atoms with Gasteiger partial charge < -0.3 is 11.1 Å². The molecule has 0 aliphatic rings. The lowest BCUT2D eigenvalue weighted by atomic mass is 9.92. The van der Waals surface area contributed by atoms with E-state index in [-0.39, 0.29) is 11.8 Å². The van der Waals surface area contributed by atoms with E-state index < -0.39 is 11.9 Å². The van der Waals surface area contributed by atoms with E-state index in [4.69, 9.17) is 5.73 Å². The summed E-state index contributed by atoms with van der Waals surface area (Å²) in [5, 5.41) is 2.75. The number of rotatable bonds is 7. The van der Waals surface area contributed by atoms with E-state index >= 15 is 0 Å². The maximum Gasteiger partial charge on any atom is 0.240 e. The predicted molar refractivity (Wildman–Crippen MR) is 69.2 cm³/mol. The van der Waals surface area contributed by atoms with Crippen LogP contribution in [-0.4, -0.2) is 17.9 Å². The van der Waals surface area contributed by atoms with Gasteiger partial charge >= 0.3 is 0 Å². The summed E-state index contributed by atoms with van der Waals surface area (Å²) in [5.41, 5.74) is 5.29. The Balaban J connectivity index is 4.45. The highest BCUT2D eigenvalue weighted by atomic mass is 16.2. The Bertz CT molecular complexity index is 264. The quantitative estimate of drug-likeness (QED) is 0.713. The summed E-state index contributed by atoms with van der Waals surface area (Å²) in [5.74, 6) is 0.00972. The molecule has 3 atom stereocenters. The highest BCUT2D eigenvalue weighted by molar-refractivity contribution is 5.87. The lowest BCUT2D eigenvalue weighted by molar-refractivity contribution is -0.130. The van der Waals surface area contributed by atoms with Crippen molar-refractivity contribution in [2.45, 2.75) is 53.5 Å². The van der Waals surface area contributed by atoms with Gasteiger partial charge in [-0.1, -0.05) is 41.0 Å². The topological polar surface area (TPSA) is 72.2 Å². The van der Waals surface area contributed by atoms with E-state index in [1.165, 1.54) is 0 Å². The van der Waals surface area contributed by atoms with Gasteiger partial charge in [0.25, 0.3) is 0 Å². The van der Waals surface area contributed by atoms with Crippen LogP contribution in [-0.2, 0) is 9.59 Å². The molecule has 0 fully saturated rings. The lowest BCUT2D eigenvalue weighted by Crippen LogP contribution is -2.47. The number of hydrogen-bond acceptors (Lipinski definition) is 2. The molecule has 0 aliphatic carbocycles. The van der Waals surface area contributed by atoms with E-state index in [0.29, 0.717) is 18.3 Å². The maximum atomic E-state index is 11.9. The normalized spacial score (nSPS) is 16.4. The largest absolute Gasteiger partial charge is 0.368 e. The van der Waals surface area contributed by atoms with Gasteiger partial charge in [-0.05, 0) is 18.3 Å². The van der Waals surface area contributed by atoms with Crippen LogP contribution < -0.4 is 11.1 Å². The van der Waals surface area contributed by atoms with Gasteiger partial charge in [-0.25, -0.2) is 0 Å². The standard InChI is InChI=1S/C13H26N2O2/c1-6-9(4)10(5)13(17)15-11(12(14)16)7-8(2)3/h8-11H,6-7H2,1-5H3,(H2,14,16)(H,15,17)/t9?,10-,11?/m0/s1. The van der Waals surface area contributed by atoms with E-state index in [9.17, 15) is 9.59 Å². The summed E-state index contributed by atoms with van der Waals surface area (Å²) in [6, 6.07) is -0.547. The first-order chi connectivity index (χ1) is 7.79. The molecule has 0 saturated carbocycles. The summed E-state index contributed by atoms with van der Waals surface area (Å²) in [6.45, 7) is 9.97. The third-order valence-corrected chi connectivity index (χ3v) is 3.28. The Kier molecular flexibility index (Phi) is 6.85. The Morgan fingerprint density at radius 3 is 2.06 bits per heavy atom. The highest BCUT2D eigenvalue weighted by Crippen LogP contribution is 2.15. The second-order valence-electron chi connectivity index (χ2n) is 5.27. The highest BCUT2D eigenvalue weighted by Gasteiger charge is 2.24. The molecule has 0 spiro atoms. The number of amides is 2. The lowest BCUT2D eigenvalue weighted by Gasteiger charge is -2.22. The number of carbonyl (C=O) groups is 2. The van der Waals surface area contributed by atoms with Crippen molar-refractivity contribution in [2.24, 2.45) is 23.5 Å². The minimum atomic E-state index is -0.547. The van der Waals surface area contributed by atoms with Crippen LogP contribution in [0.5, 0.6) is 0 Å². The minimum absolute atomic E-state index is 0.0798. The van der Waals surface area contributed by atoms with Gasteiger partial charge in [-0.15, -0.1) is 0 Å². The fourth-order valence-electron chi connectivity index (χ4n) is 1.63. The Morgan fingerprint density at radius 1 is 1.18 bits per heavy atom. The number of primary amides is 1. The number of hydrogen-bond donors (Lipinski definition) is 2. The van der Waals surface area contributed by atoms with Crippen molar-refractivity contribution in [2.75, 3.05) is 0 Å². The molecule has 0 radical (unpaired) electrons. The van der Waals surface area contributed by atoms with E-state index in [0.717, 1.165) is 6.42 Å². The third kappa shape index (κ3) is 5.71. The summed E-state index contributed by atoms with van der Waals surface area (Å²) >= 11 is 0. The Labute approximate surface area is 104 Å². The average Bonchev–Trinajstić information content (AvgIpc) is 2.25.